The molecule has 0 spiro atoms. The summed E-state index contributed by atoms with van der Waals surface area (Å²) in [4.78, 5) is 0. The van der Waals surface area contributed by atoms with E-state index in [1.807, 2.05) is 7.05 Å². The van der Waals surface area contributed by atoms with Crippen molar-refractivity contribution >= 4 is 0 Å². The highest BCUT2D eigenvalue weighted by atomic mass is 16.5. The summed E-state index contributed by atoms with van der Waals surface area (Å²) >= 11 is 0. The second-order valence-electron chi connectivity index (χ2n) is 4.99. The van der Waals surface area contributed by atoms with E-state index in [1.165, 1.54) is 38.5 Å². The van der Waals surface area contributed by atoms with Crippen LogP contribution < -0.4 is 5.32 Å². The highest BCUT2D eigenvalue weighted by Gasteiger charge is 2.13. The molecule has 0 radical (unpaired) electrons. The van der Waals surface area contributed by atoms with Crippen LogP contribution in [-0.4, -0.2) is 39.5 Å². The summed E-state index contributed by atoms with van der Waals surface area (Å²) in [7, 11) is 2.03. The lowest BCUT2D eigenvalue weighted by Crippen LogP contribution is -2.30. The zero-order valence-corrected chi connectivity index (χ0v) is 11.5. The van der Waals surface area contributed by atoms with Gasteiger partial charge >= 0.3 is 0 Å². The van der Waals surface area contributed by atoms with Gasteiger partial charge in [0.1, 0.15) is 0 Å². The summed E-state index contributed by atoms with van der Waals surface area (Å²) < 4.78 is 10.8. The number of hydrogen-bond donors (Lipinski definition) is 1. The van der Waals surface area contributed by atoms with Crippen molar-refractivity contribution < 1.29 is 9.47 Å². The molecule has 0 aromatic rings. The van der Waals surface area contributed by atoms with E-state index in [1.54, 1.807) is 0 Å². The molecule has 1 heterocycles. The van der Waals surface area contributed by atoms with Crippen LogP contribution in [0.5, 0.6) is 0 Å². The van der Waals surface area contributed by atoms with E-state index in [0.717, 1.165) is 32.3 Å². The smallest absolute Gasteiger partial charge is 0.0619 e. The molecular weight excluding hydrogens is 214 g/mol. The van der Waals surface area contributed by atoms with E-state index in [-0.39, 0.29) is 0 Å². The van der Waals surface area contributed by atoms with Crippen LogP contribution in [0.15, 0.2) is 0 Å². The standard InChI is InChI=1S/C14H29NO2/c1-3-16-12-14(15-2)7-5-4-6-13-8-10-17-11-9-13/h13-15H,3-12H2,1-2H3. The first-order valence-corrected chi connectivity index (χ1v) is 7.19. The number of nitrogens with one attached hydrogen (secondary N) is 1. The molecule has 1 unspecified atom stereocenters. The third kappa shape index (κ3) is 7.02. The minimum absolute atomic E-state index is 0.532. The van der Waals surface area contributed by atoms with Crippen LogP contribution in [0.3, 0.4) is 0 Å². The molecule has 1 saturated heterocycles. The molecule has 0 bridgehead atoms. The fraction of sp³-hybridized carbons (Fsp3) is 1.00. The van der Waals surface area contributed by atoms with Gasteiger partial charge in [0.15, 0.2) is 0 Å². The molecule has 1 atom stereocenters. The van der Waals surface area contributed by atoms with Crippen LogP contribution in [-0.2, 0) is 9.47 Å². The molecule has 1 rings (SSSR count). The monoisotopic (exact) mass is 243 g/mol. The van der Waals surface area contributed by atoms with Crippen molar-refractivity contribution in [1.29, 1.82) is 0 Å². The predicted molar refractivity (Wildman–Crippen MR) is 71.4 cm³/mol. The van der Waals surface area contributed by atoms with Gasteiger partial charge in [-0.25, -0.2) is 0 Å². The van der Waals surface area contributed by atoms with Gasteiger partial charge in [-0.2, -0.15) is 0 Å². The van der Waals surface area contributed by atoms with Crippen molar-refractivity contribution in [3.8, 4) is 0 Å². The van der Waals surface area contributed by atoms with Crippen molar-refractivity contribution in [1.82, 2.24) is 5.32 Å². The van der Waals surface area contributed by atoms with Gasteiger partial charge in [0, 0.05) is 25.9 Å². The Bertz CT molecular complexity index is 170. The first kappa shape index (κ1) is 14.9. The lowest BCUT2D eigenvalue weighted by Gasteiger charge is -2.22. The van der Waals surface area contributed by atoms with Gasteiger partial charge in [-0.15, -0.1) is 0 Å². The molecule has 1 N–H and O–H groups in total. The van der Waals surface area contributed by atoms with Crippen LogP contribution in [0.4, 0.5) is 0 Å². The Kier molecular flexibility index (Phi) is 8.67. The molecule has 17 heavy (non-hydrogen) atoms. The van der Waals surface area contributed by atoms with Crippen LogP contribution >= 0.6 is 0 Å². The van der Waals surface area contributed by atoms with Crippen LogP contribution in [0.1, 0.15) is 45.4 Å². The number of ether oxygens (including phenoxy) is 2. The molecule has 3 nitrogen and oxygen atoms in total. The molecule has 0 aromatic carbocycles. The van der Waals surface area contributed by atoms with Gasteiger partial charge in [-0.05, 0) is 39.2 Å². The van der Waals surface area contributed by atoms with Crippen molar-refractivity contribution in [2.75, 3.05) is 33.5 Å². The molecule has 1 fully saturated rings. The zero-order chi connectivity index (χ0) is 12.3. The lowest BCUT2D eigenvalue weighted by molar-refractivity contribution is 0.0628. The predicted octanol–water partition coefficient (Wildman–Crippen LogP) is 2.60. The summed E-state index contributed by atoms with van der Waals surface area (Å²) in [5, 5.41) is 3.33. The summed E-state index contributed by atoms with van der Waals surface area (Å²) in [6.45, 7) is 5.69. The topological polar surface area (TPSA) is 30.5 Å². The average molecular weight is 243 g/mol. The first-order chi connectivity index (χ1) is 8.36. The summed E-state index contributed by atoms with van der Waals surface area (Å²) in [5.41, 5.74) is 0. The van der Waals surface area contributed by atoms with Gasteiger partial charge in [0.25, 0.3) is 0 Å². The molecule has 0 amide bonds. The zero-order valence-electron chi connectivity index (χ0n) is 11.5. The van der Waals surface area contributed by atoms with E-state index in [4.69, 9.17) is 9.47 Å². The van der Waals surface area contributed by atoms with Crippen LogP contribution in [0, 0.1) is 5.92 Å². The largest absolute Gasteiger partial charge is 0.381 e. The first-order valence-electron chi connectivity index (χ1n) is 7.19. The van der Waals surface area contributed by atoms with E-state index < -0.39 is 0 Å². The van der Waals surface area contributed by atoms with E-state index in [0.29, 0.717) is 6.04 Å². The number of rotatable bonds is 9. The quantitative estimate of drug-likeness (QED) is 0.631. The Morgan fingerprint density at radius 2 is 2.06 bits per heavy atom. The van der Waals surface area contributed by atoms with Crippen molar-refractivity contribution in [3.05, 3.63) is 0 Å². The molecule has 0 saturated carbocycles. The highest BCUT2D eigenvalue weighted by molar-refractivity contribution is 4.66. The number of hydrogen-bond acceptors (Lipinski definition) is 3. The van der Waals surface area contributed by atoms with Gasteiger partial charge in [0.2, 0.25) is 0 Å². The molecule has 3 heteroatoms. The molecule has 0 aromatic heterocycles. The highest BCUT2D eigenvalue weighted by Crippen LogP contribution is 2.21. The third-order valence-electron chi connectivity index (χ3n) is 3.69. The Morgan fingerprint density at radius 3 is 2.71 bits per heavy atom. The van der Waals surface area contributed by atoms with Crippen molar-refractivity contribution in [3.63, 3.8) is 0 Å². The minimum atomic E-state index is 0.532. The average Bonchev–Trinajstić information content (AvgIpc) is 2.39. The number of likely N-dealkylation sites (N-methyl/N-ethyl adjacent to an activating group) is 1. The number of unbranched alkanes of at least 4 members (excludes halogenated alkanes) is 1. The van der Waals surface area contributed by atoms with E-state index in [2.05, 4.69) is 12.2 Å². The Labute approximate surface area is 106 Å². The van der Waals surface area contributed by atoms with Gasteiger partial charge in [-0.1, -0.05) is 19.3 Å². The molecule has 102 valence electrons. The van der Waals surface area contributed by atoms with Crippen LogP contribution in [0.2, 0.25) is 0 Å². The van der Waals surface area contributed by atoms with Gasteiger partial charge in [-0.3, -0.25) is 0 Å². The second kappa shape index (κ2) is 9.86. The van der Waals surface area contributed by atoms with Gasteiger partial charge < -0.3 is 14.8 Å². The molecular formula is C14H29NO2. The third-order valence-corrected chi connectivity index (χ3v) is 3.69. The second-order valence-corrected chi connectivity index (χ2v) is 4.99. The van der Waals surface area contributed by atoms with E-state index >= 15 is 0 Å². The fourth-order valence-electron chi connectivity index (χ4n) is 2.43. The Balaban J connectivity index is 1.97. The molecule has 0 aliphatic carbocycles. The maximum Gasteiger partial charge on any atom is 0.0619 e. The van der Waals surface area contributed by atoms with Crippen molar-refractivity contribution in [2.45, 2.75) is 51.5 Å². The molecule has 1 aliphatic heterocycles. The van der Waals surface area contributed by atoms with E-state index in [9.17, 15) is 0 Å². The van der Waals surface area contributed by atoms with Crippen LogP contribution in [0.25, 0.3) is 0 Å². The maximum absolute atomic E-state index is 5.45. The van der Waals surface area contributed by atoms with Crippen molar-refractivity contribution in [2.24, 2.45) is 5.92 Å². The molecule has 1 aliphatic rings. The Hall–Kier alpha value is -0.120. The Morgan fingerprint density at radius 1 is 1.29 bits per heavy atom. The summed E-state index contributed by atoms with van der Waals surface area (Å²) in [6.07, 6.45) is 7.84. The maximum atomic E-state index is 5.45. The normalized spacial score (nSPS) is 19.4. The minimum Gasteiger partial charge on any atom is -0.381 e. The lowest BCUT2D eigenvalue weighted by atomic mass is 9.93. The fourth-order valence-corrected chi connectivity index (χ4v) is 2.43. The summed E-state index contributed by atoms with van der Waals surface area (Å²) in [6, 6.07) is 0.532. The SMILES string of the molecule is CCOCC(CCCCC1CCOCC1)NC. The summed E-state index contributed by atoms with van der Waals surface area (Å²) in [5.74, 6) is 0.920. The van der Waals surface area contributed by atoms with Gasteiger partial charge in [0.05, 0.1) is 6.61 Å².